The number of aromatic nitrogens is 2. The van der Waals surface area contributed by atoms with Gasteiger partial charge in [0.05, 0.1) is 35.6 Å². The molecule has 4 aromatic carbocycles. The molecule has 1 spiro atoms. The maximum absolute atomic E-state index is 14.1. The first-order valence-corrected chi connectivity index (χ1v) is 22.2. The maximum Gasteiger partial charge on any atom is 0.254 e. The number of amides is 3. The van der Waals surface area contributed by atoms with Crippen LogP contribution in [0.5, 0.6) is 0 Å². The molecule has 1 unspecified atom stereocenters. The Kier molecular flexibility index (Phi) is 9.87. The van der Waals surface area contributed by atoms with Gasteiger partial charge in [0, 0.05) is 90.6 Å². The van der Waals surface area contributed by atoms with E-state index in [4.69, 9.17) is 19.4 Å². The van der Waals surface area contributed by atoms with Crippen LogP contribution in [0.3, 0.4) is 0 Å². The summed E-state index contributed by atoms with van der Waals surface area (Å²) in [6, 6.07) is 37.7. The van der Waals surface area contributed by atoms with Crippen molar-refractivity contribution < 1.29 is 28.7 Å². The Morgan fingerprint density at radius 2 is 1.24 bits per heavy atom. The van der Waals surface area contributed by atoms with E-state index in [0.717, 1.165) is 74.7 Å². The third-order valence-electron chi connectivity index (χ3n) is 13.7. The highest BCUT2D eigenvalue weighted by Gasteiger charge is 2.58. The molecular weight excluding hydrogens is 791 g/mol. The van der Waals surface area contributed by atoms with Crippen LogP contribution < -0.4 is 0 Å². The standard InChI is InChI=1S/C52H47N5O6/c58-48-41-6-3-4-23-57(50(60)38-15-10-34(11-16-38)43-20-18-33-5-1-2-7-42(33)53-43)32-47(41)63-52(48)30-40(31-52)39-17-12-36-19-21-44(54-45(36)29-39)35-8-13-37(14-9-35)49(59)55-24-26-56(27-25-55)51(61)46-22-28-62-46/h1-2,5,7-21,29,40,46H,3-4,6,22-28,30-32H2. The second kappa shape index (κ2) is 15.9. The molecule has 4 aliphatic heterocycles. The summed E-state index contributed by atoms with van der Waals surface area (Å²) >= 11 is 0. The number of carbonyl (C=O) groups is 4. The molecule has 5 aliphatic rings. The van der Waals surface area contributed by atoms with Gasteiger partial charge in [0.1, 0.15) is 11.9 Å². The van der Waals surface area contributed by atoms with E-state index < -0.39 is 5.60 Å². The monoisotopic (exact) mass is 837 g/mol. The normalized spacial score (nSPS) is 22.3. The lowest BCUT2D eigenvalue weighted by Gasteiger charge is -2.43. The number of piperazine rings is 1. The number of hydrogen-bond donors (Lipinski definition) is 0. The predicted molar refractivity (Wildman–Crippen MR) is 239 cm³/mol. The van der Waals surface area contributed by atoms with Crippen LogP contribution >= 0.6 is 0 Å². The molecule has 3 amide bonds. The summed E-state index contributed by atoms with van der Waals surface area (Å²) in [5.41, 5.74) is 7.50. The van der Waals surface area contributed by atoms with E-state index in [0.29, 0.717) is 75.5 Å². The van der Waals surface area contributed by atoms with Crippen LogP contribution in [0.1, 0.15) is 70.7 Å². The first kappa shape index (κ1) is 39.1. The molecule has 11 nitrogen and oxygen atoms in total. The van der Waals surface area contributed by atoms with E-state index in [2.05, 4.69) is 30.3 Å². The van der Waals surface area contributed by atoms with E-state index in [1.54, 1.807) is 9.80 Å². The van der Waals surface area contributed by atoms with Crippen molar-refractivity contribution in [3.63, 3.8) is 0 Å². The highest BCUT2D eigenvalue weighted by Crippen LogP contribution is 2.54. The van der Waals surface area contributed by atoms with Gasteiger partial charge in [0.15, 0.2) is 5.60 Å². The fraction of sp³-hybridized carbons (Fsp3) is 0.308. The zero-order chi connectivity index (χ0) is 42.7. The molecule has 0 N–H and O–H groups in total. The molecule has 6 heterocycles. The first-order valence-electron chi connectivity index (χ1n) is 22.2. The van der Waals surface area contributed by atoms with Gasteiger partial charge in [-0.3, -0.25) is 19.2 Å². The maximum atomic E-state index is 14.1. The number of para-hydroxylation sites is 1. The number of Topliss-reactive ketones (excluding diaryl/α,β-unsaturated/α-hetero) is 1. The summed E-state index contributed by atoms with van der Waals surface area (Å²) in [6.45, 7) is 3.55. The van der Waals surface area contributed by atoms with Crippen molar-refractivity contribution >= 4 is 45.3 Å². The number of benzene rings is 4. The van der Waals surface area contributed by atoms with E-state index in [1.807, 2.05) is 89.8 Å². The van der Waals surface area contributed by atoms with Gasteiger partial charge in [-0.15, -0.1) is 0 Å². The van der Waals surface area contributed by atoms with Gasteiger partial charge in [0.25, 0.3) is 17.7 Å². The average Bonchev–Trinajstić information content (AvgIpc) is 3.56. The van der Waals surface area contributed by atoms with Crippen LogP contribution in [-0.4, -0.2) is 106 Å². The molecule has 2 aromatic heterocycles. The number of rotatable bonds is 6. The third kappa shape index (κ3) is 7.23. The molecule has 6 aromatic rings. The van der Waals surface area contributed by atoms with Gasteiger partial charge in [-0.25, -0.2) is 9.97 Å². The Hall–Kier alpha value is -6.72. The number of nitrogens with zero attached hydrogens (tertiary/aromatic N) is 5. The molecule has 2 saturated heterocycles. The molecular formula is C52H47N5O6. The molecule has 0 bridgehead atoms. The number of hydrogen-bond acceptors (Lipinski definition) is 8. The number of ether oxygens (including phenoxy) is 2. The second-order valence-corrected chi connectivity index (χ2v) is 17.6. The van der Waals surface area contributed by atoms with Crippen molar-refractivity contribution in [2.24, 2.45) is 0 Å². The smallest absolute Gasteiger partial charge is 0.254 e. The summed E-state index contributed by atoms with van der Waals surface area (Å²) in [5.74, 6) is 0.778. The van der Waals surface area contributed by atoms with Crippen LogP contribution in [0.2, 0.25) is 0 Å². The Balaban J connectivity index is 0.731. The van der Waals surface area contributed by atoms with Crippen molar-refractivity contribution in [1.82, 2.24) is 24.7 Å². The average molecular weight is 838 g/mol. The van der Waals surface area contributed by atoms with Crippen LogP contribution in [0, 0.1) is 0 Å². The molecule has 0 radical (unpaired) electrons. The van der Waals surface area contributed by atoms with Crippen LogP contribution in [-0.2, 0) is 19.1 Å². The lowest BCUT2D eigenvalue weighted by atomic mass is 9.65. The van der Waals surface area contributed by atoms with Crippen molar-refractivity contribution in [3.8, 4) is 22.5 Å². The van der Waals surface area contributed by atoms with Gasteiger partial charge in [-0.2, -0.15) is 0 Å². The number of ketones is 1. The molecule has 316 valence electrons. The SMILES string of the molecule is O=C(c1ccc(-c2ccc3ccc(C4CC5(C4)OC4=C(CCCCN(C(=O)c6ccc(-c7ccc8ccccc8n7)cc6)C4)C5=O)cc3n2)cc1)N1CCN(C(=O)C2CCO2)CC1. The number of fused-ring (bicyclic) bond motifs is 2. The zero-order valence-electron chi connectivity index (χ0n) is 35.0. The quantitative estimate of drug-likeness (QED) is 0.166. The Labute approximate surface area is 365 Å². The summed E-state index contributed by atoms with van der Waals surface area (Å²) in [6.07, 6.45) is 3.92. The molecule has 11 rings (SSSR count). The van der Waals surface area contributed by atoms with Crippen molar-refractivity contribution in [2.75, 3.05) is 45.9 Å². The summed E-state index contributed by atoms with van der Waals surface area (Å²) in [5, 5.41) is 2.10. The van der Waals surface area contributed by atoms with Crippen LogP contribution in [0.25, 0.3) is 44.3 Å². The second-order valence-electron chi connectivity index (χ2n) is 17.6. The molecule has 3 fully saturated rings. The van der Waals surface area contributed by atoms with Crippen molar-refractivity contribution in [2.45, 2.75) is 56.1 Å². The van der Waals surface area contributed by atoms with Gasteiger partial charge in [-0.05, 0) is 79.3 Å². The lowest BCUT2D eigenvalue weighted by Crippen LogP contribution is -2.54. The summed E-state index contributed by atoms with van der Waals surface area (Å²) in [4.78, 5) is 69.2. The minimum absolute atomic E-state index is 0.0290. The van der Waals surface area contributed by atoms with Crippen LogP contribution in [0.4, 0.5) is 0 Å². The molecule has 1 atom stereocenters. The molecule has 63 heavy (non-hydrogen) atoms. The fourth-order valence-electron chi connectivity index (χ4n) is 9.87. The minimum Gasteiger partial charge on any atom is -0.481 e. The highest BCUT2D eigenvalue weighted by atomic mass is 16.5. The first-order chi connectivity index (χ1) is 30.8. The molecule has 1 aliphatic carbocycles. The Morgan fingerprint density at radius 3 is 1.90 bits per heavy atom. The van der Waals surface area contributed by atoms with Gasteiger partial charge >= 0.3 is 0 Å². The zero-order valence-corrected chi connectivity index (χ0v) is 35.0. The van der Waals surface area contributed by atoms with E-state index in [9.17, 15) is 19.2 Å². The van der Waals surface area contributed by atoms with E-state index >= 15 is 0 Å². The third-order valence-corrected chi connectivity index (χ3v) is 13.7. The number of pyridine rings is 2. The topological polar surface area (TPSA) is 122 Å². The Bertz CT molecular complexity index is 2840. The highest BCUT2D eigenvalue weighted by molar-refractivity contribution is 6.05. The van der Waals surface area contributed by atoms with Gasteiger partial charge in [0.2, 0.25) is 5.78 Å². The van der Waals surface area contributed by atoms with Crippen LogP contribution in [0.15, 0.2) is 127 Å². The summed E-state index contributed by atoms with van der Waals surface area (Å²) in [7, 11) is 0. The summed E-state index contributed by atoms with van der Waals surface area (Å²) < 4.78 is 12.0. The van der Waals surface area contributed by atoms with Crippen molar-refractivity contribution in [3.05, 3.63) is 143 Å². The Morgan fingerprint density at radius 1 is 0.635 bits per heavy atom. The minimum atomic E-state index is -0.887. The van der Waals surface area contributed by atoms with Gasteiger partial charge in [-0.1, -0.05) is 66.7 Å². The predicted octanol–water partition coefficient (Wildman–Crippen LogP) is 7.99. The molecule has 1 saturated carbocycles. The lowest BCUT2D eigenvalue weighted by molar-refractivity contribution is -0.157. The van der Waals surface area contributed by atoms with Gasteiger partial charge < -0.3 is 24.2 Å². The van der Waals surface area contributed by atoms with E-state index in [-0.39, 0.29) is 42.1 Å². The number of carbonyl (C=O) groups excluding carboxylic acids is 4. The van der Waals surface area contributed by atoms with Crippen molar-refractivity contribution in [1.29, 1.82) is 0 Å². The fourth-order valence-corrected chi connectivity index (χ4v) is 9.87. The largest absolute Gasteiger partial charge is 0.481 e. The van der Waals surface area contributed by atoms with E-state index in [1.165, 1.54) is 0 Å². The molecule has 11 heteroatoms.